The van der Waals surface area contributed by atoms with Crippen molar-refractivity contribution in [1.29, 1.82) is 5.26 Å². The van der Waals surface area contributed by atoms with Crippen LogP contribution in [0.4, 0.5) is 34.1 Å². The lowest BCUT2D eigenvalue weighted by Crippen LogP contribution is -2.22. The summed E-state index contributed by atoms with van der Waals surface area (Å²) < 4.78 is 0. The van der Waals surface area contributed by atoms with Crippen molar-refractivity contribution < 1.29 is 14.6 Å². The van der Waals surface area contributed by atoms with E-state index >= 15 is 0 Å². The summed E-state index contributed by atoms with van der Waals surface area (Å²) in [6.07, 6.45) is 0. The topological polar surface area (TPSA) is 167 Å². The Kier molecular flexibility index (Phi) is 8.85. The van der Waals surface area contributed by atoms with Crippen molar-refractivity contribution in [2.75, 3.05) is 16.8 Å². The third-order valence-corrected chi connectivity index (χ3v) is 5.76. The van der Waals surface area contributed by atoms with E-state index in [1.165, 1.54) is 6.92 Å². The number of thioether (sulfide) groups is 1. The van der Waals surface area contributed by atoms with Crippen LogP contribution in [-0.2, 0) is 11.3 Å². The van der Waals surface area contributed by atoms with Crippen LogP contribution in [0.1, 0.15) is 19.4 Å². The summed E-state index contributed by atoms with van der Waals surface area (Å²) >= 11 is 0.483. The summed E-state index contributed by atoms with van der Waals surface area (Å²) in [5.41, 5.74) is 0.960. The number of rotatable bonds is 10. The third kappa shape index (κ3) is 6.86. The Morgan fingerprint density at radius 3 is 2.30 bits per heavy atom. The van der Waals surface area contributed by atoms with Gasteiger partial charge in [-0.3, -0.25) is 25.0 Å². The van der Waals surface area contributed by atoms with Gasteiger partial charge in [-0.2, -0.15) is 5.26 Å². The number of nitrogens with one attached hydrogen (secondary N) is 1. The summed E-state index contributed by atoms with van der Waals surface area (Å²) in [6, 6.07) is 16.8. The van der Waals surface area contributed by atoms with Gasteiger partial charge in [-0.05, 0) is 48.5 Å². The first-order valence-electron chi connectivity index (χ1n) is 10.9. The summed E-state index contributed by atoms with van der Waals surface area (Å²) in [4.78, 5) is 35.1. The third-order valence-electron chi connectivity index (χ3n) is 5.12. The molecule has 3 aromatic rings. The number of carbonyl (C=O) groups is 1. The Hall–Kier alpha value is -4.83. The minimum atomic E-state index is -0.817. The lowest BCUT2D eigenvalue weighted by Gasteiger charge is -2.24. The van der Waals surface area contributed by atoms with Gasteiger partial charge in [0.2, 0.25) is 5.91 Å². The van der Waals surface area contributed by atoms with Crippen LogP contribution >= 0.6 is 11.8 Å². The van der Waals surface area contributed by atoms with Crippen LogP contribution in [0.3, 0.4) is 0 Å². The first-order chi connectivity index (χ1) is 17.7. The summed E-state index contributed by atoms with van der Waals surface area (Å²) in [5.74, 6) is -0.353. The van der Waals surface area contributed by atoms with Crippen LogP contribution in [0.2, 0.25) is 0 Å². The van der Waals surface area contributed by atoms with Crippen molar-refractivity contribution in [3.05, 3.63) is 86.5 Å². The number of anilines is 2. The molecule has 0 radical (unpaired) electrons. The van der Waals surface area contributed by atoms with Crippen molar-refractivity contribution in [3.8, 4) is 5.40 Å². The fourth-order valence-electron chi connectivity index (χ4n) is 3.44. The van der Waals surface area contributed by atoms with E-state index in [1.807, 2.05) is 37.3 Å². The van der Waals surface area contributed by atoms with E-state index in [-0.39, 0.29) is 22.2 Å². The molecule has 0 aliphatic rings. The molecule has 3 aromatic carbocycles. The number of nitro benzene ring substituents is 2. The Morgan fingerprint density at radius 1 is 1.03 bits per heavy atom. The number of amides is 1. The zero-order valence-corrected chi connectivity index (χ0v) is 20.6. The second-order valence-corrected chi connectivity index (χ2v) is 8.43. The normalized spacial score (nSPS) is 10.6. The van der Waals surface area contributed by atoms with Gasteiger partial charge in [0.15, 0.2) is 5.69 Å². The highest BCUT2D eigenvalue weighted by Gasteiger charge is 2.25. The minimum Gasteiger partial charge on any atom is -0.367 e. The van der Waals surface area contributed by atoms with Crippen molar-refractivity contribution >= 4 is 51.8 Å². The molecule has 0 spiro atoms. The largest absolute Gasteiger partial charge is 0.367 e. The molecule has 1 N–H and O–H groups in total. The summed E-state index contributed by atoms with van der Waals surface area (Å²) in [6.45, 7) is 4.65. The van der Waals surface area contributed by atoms with Crippen LogP contribution in [-0.4, -0.2) is 22.3 Å². The van der Waals surface area contributed by atoms with E-state index in [4.69, 9.17) is 5.26 Å². The summed E-state index contributed by atoms with van der Waals surface area (Å²) in [7, 11) is 0. The Morgan fingerprint density at radius 2 is 1.70 bits per heavy atom. The standard InChI is InChI=1S/C24H21N7O5S/c1-3-29(14-17-7-5-4-6-8-17)18-9-10-19(20(11-18)26-16(2)32)27-28-21-12-24(37-15-25)23(31(35)36)13-22(21)30(33)34/h4-13H,3,14H2,1-2H3,(H,26,32). The van der Waals surface area contributed by atoms with Gasteiger partial charge in [-0.15, -0.1) is 10.2 Å². The second kappa shape index (κ2) is 12.2. The van der Waals surface area contributed by atoms with Crippen molar-refractivity contribution in [3.63, 3.8) is 0 Å². The maximum absolute atomic E-state index is 11.9. The molecule has 188 valence electrons. The van der Waals surface area contributed by atoms with E-state index in [0.717, 1.165) is 23.4 Å². The zero-order valence-electron chi connectivity index (χ0n) is 19.8. The van der Waals surface area contributed by atoms with E-state index in [0.29, 0.717) is 30.5 Å². The molecular formula is C24H21N7O5S. The quantitative estimate of drug-likeness (QED) is 0.104. The van der Waals surface area contributed by atoms with Gasteiger partial charge in [0.05, 0.1) is 21.6 Å². The SMILES string of the molecule is CCN(Cc1ccccc1)c1ccc(N=Nc2cc(SC#N)c([N+](=O)[O-])cc2[N+](=O)[O-])c(NC(C)=O)c1. The Bertz CT molecular complexity index is 1410. The smallest absolute Gasteiger partial charge is 0.303 e. The van der Waals surface area contributed by atoms with E-state index in [1.54, 1.807) is 23.6 Å². The predicted octanol–water partition coefficient (Wildman–Crippen LogP) is 6.48. The average molecular weight is 520 g/mol. The molecule has 3 rings (SSSR count). The summed E-state index contributed by atoms with van der Waals surface area (Å²) in [5, 5.41) is 44.2. The van der Waals surface area contributed by atoms with Gasteiger partial charge in [-0.25, -0.2) is 0 Å². The molecule has 0 aliphatic heterocycles. The number of hydrogen-bond donors (Lipinski definition) is 1. The van der Waals surface area contributed by atoms with Gasteiger partial charge < -0.3 is 10.2 Å². The van der Waals surface area contributed by atoms with Gasteiger partial charge in [0, 0.05) is 25.7 Å². The molecule has 1 amide bonds. The van der Waals surface area contributed by atoms with Crippen molar-refractivity contribution in [2.24, 2.45) is 10.2 Å². The molecule has 37 heavy (non-hydrogen) atoms. The molecular weight excluding hydrogens is 498 g/mol. The minimum absolute atomic E-state index is 0.107. The highest BCUT2D eigenvalue weighted by atomic mass is 32.2. The van der Waals surface area contributed by atoms with E-state index in [2.05, 4.69) is 20.4 Å². The number of benzene rings is 3. The monoisotopic (exact) mass is 519 g/mol. The maximum Gasteiger partial charge on any atom is 0.303 e. The van der Waals surface area contributed by atoms with Crippen LogP contribution in [0.15, 0.2) is 75.8 Å². The van der Waals surface area contributed by atoms with Crippen LogP contribution in [0.25, 0.3) is 0 Å². The number of azo groups is 1. The predicted molar refractivity (Wildman–Crippen MR) is 139 cm³/mol. The molecule has 0 saturated heterocycles. The van der Waals surface area contributed by atoms with Crippen LogP contribution in [0, 0.1) is 30.9 Å². The first-order valence-corrected chi connectivity index (χ1v) is 11.7. The lowest BCUT2D eigenvalue weighted by molar-refractivity contribution is -0.395. The number of nitro groups is 2. The maximum atomic E-state index is 11.9. The molecule has 0 atom stereocenters. The molecule has 12 nitrogen and oxygen atoms in total. The molecule has 0 fully saturated rings. The fraction of sp³-hybridized carbons (Fsp3) is 0.167. The highest BCUT2D eigenvalue weighted by Crippen LogP contribution is 2.40. The van der Waals surface area contributed by atoms with E-state index in [9.17, 15) is 25.0 Å². The Balaban J connectivity index is 2.03. The highest BCUT2D eigenvalue weighted by molar-refractivity contribution is 8.03. The molecule has 0 bridgehead atoms. The second-order valence-electron chi connectivity index (χ2n) is 7.60. The number of carbonyl (C=O) groups excluding carboxylic acids is 1. The first kappa shape index (κ1) is 26.8. The number of thiocyanates is 1. The zero-order chi connectivity index (χ0) is 26.9. The average Bonchev–Trinajstić information content (AvgIpc) is 2.86. The van der Waals surface area contributed by atoms with Crippen molar-refractivity contribution in [2.45, 2.75) is 25.3 Å². The van der Waals surface area contributed by atoms with Gasteiger partial charge in [-0.1, -0.05) is 30.3 Å². The Labute approximate surface area is 215 Å². The van der Waals surface area contributed by atoms with Crippen molar-refractivity contribution in [1.82, 2.24) is 0 Å². The lowest BCUT2D eigenvalue weighted by atomic mass is 10.1. The number of hydrogen-bond acceptors (Lipinski definition) is 10. The van der Waals surface area contributed by atoms with Gasteiger partial charge >= 0.3 is 5.69 Å². The molecule has 0 aromatic heterocycles. The van der Waals surface area contributed by atoms with Gasteiger partial charge in [0.25, 0.3) is 5.69 Å². The molecule has 0 heterocycles. The van der Waals surface area contributed by atoms with E-state index < -0.39 is 21.2 Å². The molecule has 0 unspecified atom stereocenters. The number of nitrogens with zero attached hydrogens (tertiary/aromatic N) is 6. The van der Waals surface area contributed by atoms with Crippen LogP contribution in [0.5, 0.6) is 0 Å². The van der Waals surface area contributed by atoms with Gasteiger partial charge in [0.1, 0.15) is 16.0 Å². The van der Waals surface area contributed by atoms with Crippen LogP contribution < -0.4 is 10.2 Å². The fourth-order valence-corrected chi connectivity index (χ4v) is 3.95. The molecule has 0 saturated carbocycles. The molecule has 0 aliphatic carbocycles. The number of nitriles is 1. The molecule has 13 heteroatoms.